The van der Waals surface area contributed by atoms with Crippen LogP contribution in [0.3, 0.4) is 0 Å². The predicted molar refractivity (Wildman–Crippen MR) is 83.0 cm³/mol. The van der Waals surface area contributed by atoms with E-state index < -0.39 is 5.97 Å². The summed E-state index contributed by atoms with van der Waals surface area (Å²) in [5, 5.41) is 9.21. The molecular weight excluding hydrogens is 264 g/mol. The Morgan fingerprint density at radius 3 is 2.19 bits per heavy atom. The number of rotatable bonds is 5. The minimum atomic E-state index is -0.797. The van der Waals surface area contributed by atoms with Gasteiger partial charge in [-0.05, 0) is 48.2 Å². The van der Waals surface area contributed by atoms with Crippen molar-refractivity contribution in [2.75, 3.05) is 7.11 Å². The molecule has 110 valence electrons. The smallest absolute Gasteiger partial charge is 0.304 e. The molecular formula is C18H20O3. The van der Waals surface area contributed by atoms with E-state index >= 15 is 0 Å². The molecule has 2 aromatic rings. The highest BCUT2D eigenvalue weighted by molar-refractivity contribution is 5.69. The molecule has 0 saturated heterocycles. The highest BCUT2D eigenvalue weighted by Gasteiger charge is 2.18. The van der Waals surface area contributed by atoms with Crippen molar-refractivity contribution in [1.82, 2.24) is 0 Å². The van der Waals surface area contributed by atoms with E-state index in [1.165, 1.54) is 11.1 Å². The zero-order chi connectivity index (χ0) is 15.4. The number of carboxylic acids is 1. The number of hydrogen-bond acceptors (Lipinski definition) is 2. The maximum atomic E-state index is 11.2. The van der Waals surface area contributed by atoms with Crippen LogP contribution in [0.5, 0.6) is 5.75 Å². The Balaban J connectivity index is 2.41. The van der Waals surface area contributed by atoms with Crippen molar-refractivity contribution in [2.45, 2.75) is 26.2 Å². The van der Waals surface area contributed by atoms with Gasteiger partial charge in [-0.25, -0.2) is 0 Å². The van der Waals surface area contributed by atoms with Crippen molar-refractivity contribution < 1.29 is 14.6 Å². The Kier molecular flexibility index (Phi) is 4.63. The third-order valence-corrected chi connectivity index (χ3v) is 3.83. The molecule has 0 bridgehead atoms. The van der Waals surface area contributed by atoms with E-state index in [0.29, 0.717) is 0 Å². The molecule has 0 aromatic heterocycles. The van der Waals surface area contributed by atoms with Gasteiger partial charge in [0.1, 0.15) is 5.75 Å². The molecule has 3 heteroatoms. The maximum absolute atomic E-state index is 11.2. The van der Waals surface area contributed by atoms with Gasteiger partial charge >= 0.3 is 5.97 Å². The van der Waals surface area contributed by atoms with Crippen molar-refractivity contribution in [3.8, 4) is 5.75 Å². The summed E-state index contributed by atoms with van der Waals surface area (Å²) in [4.78, 5) is 11.2. The van der Waals surface area contributed by atoms with E-state index in [0.717, 1.165) is 16.9 Å². The highest BCUT2D eigenvalue weighted by atomic mass is 16.5. The summed E-state index contributed by atoms with van der Waals surface area (Å²) in [5.74, 6) is -0.172. The largest absolute Gasteiger partial charge is 0.497 e. The van der Waals surface area contributed by atoms with Crippen LogP contribution in [0.4, 0.5) is 0 Å². The monoisotopic (exact) mass is 284 g/mol. The third kappa shape index (κ3) is 3.63. The first-order chi connectivity index (χ1) is 10.0. The number of benzene rings is 2. The van der Waals surface area contributed by atoms with Crippen LogP contribution in [0.15, 0.2) is 42.5 Å². The van der Waals surface area contributed by atoms with Crippen LogP contribution in [0.2, 0.25) is 0 Å². The summed E-state index contributed by atoms with van der Waals surface area (Å²) in [5.41, 5.74) is 4.41. The van der Waals surface area contributed by atoms with Crippen molar-refractivity contribution in [3.05, 3.63) is 64.7 Å². The standard InChI is InChI=1S/C18H20O3/c1-12-4-5-15(10-13(12)2)17(11-18(19)20)14-6-8-16(21-3)9-7-14/h4-10,17H,11H2,1-3H3,(H,19,20). The lowest BCUT2D eigenvalue weighted by Crippen LogP contribution is -2.08. The molecule has 0 saturated carbocycles. The van der Waals surface area contributed by atoms with Crippen LogP contribution >= 0.6 is 0 Å². The average molecular weight is 284 g/mol. The summed E-state index contributed by atoms with van der Waals surface area (Å²) in [6.45, 7) is 4.10. The highest BCUT2D eigenvalue weighted by Crippen LogP contribution is 2.30. The first kappa shape index (κ1) is 15.1. The van der Waals surface area contributed by atoms with Crippen molar-refractivity contribution in [1.29, 1.82) is 0 Å². The van der Waals surface area contributed by atoms with Gasteiger partial charge in [-0.3, -0.25) is 4.79 Å². The zero-order valence-electron chi connectivity index (χ0n) is 12.6. The minimum absolute atomic E-state index is 0.0782. The molecule has 2 rings (SSSR count). The molecule has 21 heavy (non-hydrogen) atoms. The number of ether oxygens (including phenoxy) is 1. The second-order valence-corrected chi connectivity index (χ2v) is 5.27. The Labute approximate surface area is 125 Å². The lowest BCUT2D eigenvalue weighted by Gasteiger charge is -2.17. The van der Waals surface area contributed by atoms with Crippen LogP contribution in [0.1, 0.15) is 34.6 Å². The van der Waals surface area contributed by atoms with E-state index in [-0.39, 0.29) is 12.3 Å². The first-order valence-corrected chi connectivity index (χ1v) is 6.94. The molecule has 0 spiro atoms. The van der Waals surface area contributed by atoms with E-state index in [1.54, 1.807) is 7.11 Å². The van der Waals surface area contributed by atoms with Crippen LogP contribution in [0, 0.1) is 13.8 Å². The predicted octanol–water partition coefficient (Wildman–Crippen LogP) is 3.92. The van der Waals surface area contributed by atoms with Gasteiger partial charge in [-0.1, -0.05) is 30.3 Å². The Bertz CT molecular complexity index is 629. The van der Waals surface area contributed by atoms with E-state index in [9.17, 15) is 9.90 Å². The second kappa shape index (κ2) is 6.44. The molecule has 0 radical (unpaired) electrons. The third-order valence-electron chi connectivity index (χ3n) is 3.83. The molecule has 0 amide bonds. The Morgan fingerprint density at radius 2 is 1.67 bits per heavy atom. The van der Waals surface area contributed by atoms with E-state index in [4.69, 9.17) is 4.74 Å². The number of aliphatic carboxylic acids is 1. The van der Waals surface area contributed by atoms with E-state index in [2.05, 4.69) is 13.0 Å². The van der Waals surface area contributed by atoms with Gasteiger partial charge in [0.25, 0.3) is 0 Å². The van der Waals surface area contributed by atoms with Gasteiger partial charge < -0.3 is 9.84 Å². The van der Waals surface area contributed by atoms with Crippen molar-refractivity contribution in [3.63, 3.8) is 0 Å². The summed E-state index contributed by atoms with van der Waals surface area (Å²) in [6, 6.07) is 13.7. The van der Waals surface area contributed by atoms with Crippen molar-refractivity contribution in [2.24, 2.45) is 0 Å². The topological polar surface area (TPSA) is 46.5 Å². The molecule has 0 heterocycles. The summed E-state index contributed by atoms with van der Waals surface area (Å²) >= 11 is 0. The fraction of sp³-hybridized carbons (Fsp3) is 0.278. The normalized spacial score (nSPS) is 12.0. The zero-order valence-corrected chi connectivity index (χ0v) is 12.6. The van der Waals surface area contributed by atoms with Crippen LogP contribution in [-0.2, 0) is 4.79 Å². The number of methoxy groups -OCH3 is 1. The van der Waals surface area contributed by atoms with Crippen LogP contribution in [0.25, 0.3) is 0 Å². The molecule has 0 aliphatic rings. The average Bonchev–Trinajstić information content (AvgIpc) is 2.48. The maximum Gasteiger partial charge on any atom is 0.304 e. The number of carboxylic acid groups (broad SMARTS) is 1. The van der Waals surface area contributed by atoms with Crippen LogP contribution in [-0.4, -0.2) is 18.2 Å². The Morgan fingerprint density at radius 1 is 1.05 bits per heavy atom. The lowest BCUT2D eigenvalue weighted by molar-refractivity contribution is -0.137. The van der Waals surface area contributed by atoms with Gasteiger partial charge in [0.15, 0.2) is 0 Å². The van der Waals surface area contributed by atoms with Gasteiger partial charge in [-0.15, -0.1) is 0 Å². The van der Waals surface area contributed by atoms with E-state index in [1.807, 2.05) is 43.3 Å². The lowest BCUT2D eigenvalue weighted by atomic mass is 9.87. The second-order valence-electron chi connectivity index (χ2n) is 5.27. The fourth-order valence-electron chi connectivity index (χ4n) is 2.42. The summed E-state index contributed by atoms with van der Waals surface area (Å²) in [6.07, 6.45) is 0.0782. The molecule has 1 unspecified atom stereocenters. The fourth-order valence-corrected chi connectivity index (χ4v) is 2.42. The van der Waals surface area contributed by atoms with Crippen molar-refractivity contribution >= 4 is 5.97 Å². The molecule has 0 fully saturated rings. The van der Waals surface area contributed by atoms with Gasteiger partial charge in [-0.2, -0.15) is 0 Å². The van der Waals surface area contributed by atoms with Gasteiger partial charge in [0.2, 0.25) is 0 Å². The van der Waals surface area contributed by atoms with Crippen LogP contribution < -0.4 is 4.74 Å². The minimum Gasteiger partial charge on any atom is -0.497 e. The number of hydrogen-bond donors (Lipinski definition) is 1. The first-order valence-electron chi connectivity index (χ1n) is 6.94. The van der Waals surface area contributed by atoms with Gasteiger partial charge in [0, 0.05) is 5.92 Å². The summed E-state index contributed by atoms with van der Waals surface area (Å²) in [7, 11) is 1.62. The Hall–Kier alpha value is -2.29. The molecule has 1 atom stereocenters. The number of carbonyl (C=O) groups is 1. The van der Waals surface area contributed by atoms with Gasteiger partial charge in [0.05, 0.1) is 13.5 Å². The summed E-state index contributed by atoms with van der Waals surface area (Å²) < 4.78 is 5.15. The molecule has 2 aromatic carbocycles. The molecule has 0 aliphatic carbocycles. The quantitative estimate of drug-likeness (QED) is 0.905. The molecule has 1 N–H and O–H groups in total. The number of aryl methyl sites for hydroxylation is 2. The molecule has 3 nitrogen and oxygen atoms in total. The molecule has 0 aliphatic heterocycles. The SMILES string of the molecule is COc1ccc(C(CC(=O)O)c2ccc(C)c(C)c2)cc1.